The third-order valence-electron chi connectivity index (χ3n) is 2.79. The van der Waals surface area contributed by atoms with Gasteiger partial charge in [-0.25, -0.2) is 4.98 Å². The molecule has 0 radical (unpaired) electrons. The molecular weight excluding hydrogens is 264 g/mol. The Bertz CT molecular complexity index is 671. The van der Waals surface area contributed by atoms with E-state index in [1.54, 1.807) is 29.7 Å². The molecule has 0 saturated heterocycles. The van der Waals surface area contributed by atoms with Crippen LogP contribution in [0, 0.1) is 6.92 Å². The molecule has 3 N–H and O–H groups in total. The van der Waals surface area contributed by atoms with Crippen LogP contribution in [0.4, 0.5) is 11.4 Å². The number of hydrogen-bond acceptors (Lipinski definition) is 4. The van der Waals surface area contributed by atoms with Crippen molar-refractivity contribution in [3.8, 4) is 0 Å². The van der Waals surface area contributed by atoms with E-state index in [0.29, 0.717) is 17.9 Å². The standard InChI is InChI=1S/C12H16N4O2S/c1-3-16-7-11(14-8-16)19(17,18)15-12-9(2)5-4-6-10(12)13/h4-8,15H,3,13H2,1-2H3. The Morgan fingerprint density at radius 3 is 2.74 bits per heavy atom. The average molecular weight is 280 g/mol. The summed E-state index contributed by atoms with van der Waals surface area (Å²) in [5.74, 6) is 0. The Balaban J connectivity index is 2.36. The lowest BCUT2D eigenvalue weighted by molar-refractivity contribution is 0.598. The van der Waals surface area contributed by atoms with E-state index in [1.807, 2.05) is 6.92 Å². The Kier molecular flexibility index (Phi) is 3.48. The molecule has 0 atom stereocenters. The predicted octanol–water partition coefficient (Wildman–Crippen LogP) is 1.59. The zero-order chi connectivity index (χ0) is 14.0. The largest absolute Gasteiger partial charge is 0.397 e. The van der Waals surface area contributed by atoms with Crippen LogP contribution in [-0.2, 0) is 16.6 Å². The summed E-state index contributed by atoms with van der Waals surface area (Å²) in [6, 6.07) is 5.21. The molecule has 1 aromatic carbocycles. The maximum absolute atomic E-state index is 12.2. The fourth-order valence-electron chi connectivity index (χ4n) is 1.67. The van der Waals surface area contributed by atoms with E-state index in [2.05, 4.69) is 9.71 Å². The van der Waals surface area contributed by atoms with Crippen molar-refractivity contribution in [2.45, 2.75) is 25.4 Å². The molecule has 0 fully saturated rings. The lowest BCUT2D eigenvalue weighted by Crippen LogP contribution is -2.15. The number of hydrogen-bond donors (Lipinski definition) is 2. The highest BCUT2D eigenvalue weighted by atomic mass is 32.2. The van der Waals surface area contributed by atoms with Crippen LogP contribution in [0.25, 0.3) is 0 Å². The molecule has 6 nitrogen and oxygen atoms in total. The molecule has 0 amide bonds. The van der Waals surface area contributed by atoms with E-state index in [-0.39, 0.29) is 5.03 Å². The van der Waals surface area contributed by atoms with Crippen molar-refractivity contribution in [2.75, 3.05) is 10.5 Å². The van der Waals surface area contributed by atoms with Gasteiger partial charge in [0.15, 0.2) is 5.03 Å². The second-order valence-electron chi connectivity index (χ2n) is 4.19. The third kappa shape index (κ3) is 2.70. The Hall–Kier alpha value is -2.02. The van der Waals surface area contributed by atoms with E-state index < -0.39 is 10.0 Å². The molecule has 7 heteroatoms. The first-order chi connectivity index (χ1) is 8.94. The number of rotatable bonds is 4. The second kappa shape index (κ2) is 4.93. The molecular formula is C12H16N4O2S. The van der Waals surface area contributed by atoms with Gasteiger partial charge in [0.25, 0.3) is 10.0 Å². The van der Waals surface area contributed by atoms with E-state index in [1.165, 1.54) is 12.5 Å². The lowest BCUT2D eigenvalue weighted by Gasteiger charge is -2.11. The minimum absolute atomic E-state index is 0.0167. The Labute approximate surface area is 112 Å². The van der Waals surface area contributed by atoms with Crippen LogP contribution < -0.4 is 10.5 Å². The zero-order valence-corrected chi connectivity index (χ0v) is 11.6. The Morgan fingerprint density at radius 1 is 1.42 bits per heavy atom. The van der Waals surface area contributed by atoms with Gasteiger partial charge in [-0.05, 0) is 25.5 Å². The normalized spacial score (nSPS) is 11.5. The summed E-state index contributed by atoms with van der Waals surface area (Å²) in [5, 5.41) is -0.0167. The second-order valence-corrected chi connectivity index (χ2v) is 5.82. The number of aromatic nitrogens is 2. The topological polar surface area (TPSA) is 90.0 Å². The lowest BCUT2D eigenvalue weighted by atomic mass is 10.2. The quantitative estimate of drug-likeness (QED) is 0.832. The molecule has 2 aromatic rings. The molecule has 19 heavy (non-hydrogen) atoms. The van der Waals surface area contributed by atoms with Gasteiger partial charge in [-0.3, -0.25) is 4.72 Å². The highest BCUT2D eigenvalue weighted by molar-refractivity contribution is 7.92. The van der Waals surface area contributed by atoms with Crippen LogP contribution in [0.1, 0.15) is 12.5 Å². The molecule has 2 rings (SSSR count). The summed E-state index contributed by atoms with van der Waals surface area (Å²) in [4.78, 5) is 3.89. The van der Waals surface area contributed by atoms with Gasteiger partial charge in [0.2, 0.25) is 0 Å². The number of nitrogens with one attached hydrogen (secondary N) is 1. The fourth-order valence-corrected chi connectivity index (χ4v) is 2.78. The Morgan fingerprint density at radius 2 is 2.16 bits per heavy atom. The van der Waals surface area contributed by atoms with E-state index >= 15 is 0 Å². The number of aryl methyl sites for hydroxylation is 2. The van der Waals surface area contributed by atoms with Gasteiger partial charge in [-0.1, -0.05) is 12.1 Å². The first-order valence-corrected chi connectivity index (χ1v) is 7.32. The number of imidazole rings is 1. The van der Waals surface area contributed by atoms with Crippen LogP contribution in [-0.4, -0.2) is 18.0 Å². The molecule has 102 valence electrons. The maximum atomic E-state index is 12.2. The zero-order valence-electron chi connectivity index (χ0n) is 10.8. The van der Waals surface area contributed by atoms with Crippen molar-refractivity contribution in [1.29, 1.82) is 0 Å². The molecule has 0 aliphatic rings. The number of benzene rings is 1. The summed E-state index contributed by atoms with van der Waals surface area (Å²) in [6.07, 6.45) is 2.96. The van der Waals surface area contributed by atoms with E-state index in [9.17, 15) is 8.42 Å². The number of nitrogens with zero attached hydrogens (tertiary/aromatic N) is 2. The summed E-state index contributed by atoms with van der Waals surface area (Å²) in [5.41, 5.74) is 7.33. The summed E-state index contributed by atoms with van der Waals surface area (Å²) >= 11 is 0. The molecule has 0 spiro atoms. The number of nitrogens with two attached hydrogens (primary N) is 1. The van der Waals surface area contributed by atoms with Crippen molar-refractivity contribution in [3.05, 3.63) is 36.3 Å². The van der Waals surface area contributed by atoms with Gasteiger partial charge >= 0.3 is 0 Å². The molecule has 1 aromatic heterocycles. The van der Waals surface area contributed by atoms with Gasteiger partial charge in [0.05, 0.1) is 17.7 Å². The summed E-state index contributed by atoms with van der Waals surface area (Å²) in [6.45, 7) is 4.36. The van der Waals surface area contributed by atoms with Crippen molar-refractivity contribution in [1.82, 2.24) is 9.55 Å². The molecule has 0 saturated carbocycles. The van der Waals surface area contributed by atoms with Crippen LogP contribution in [0.15, 0.2) is 35.7 Å². The maximum Gasteiger partial charge on any atom is 0.281 e. The van der Waals surface area contributed by atoms with Crippen LogP contribution in [0.3, 0.4) is 0 Å². The van der Waals surface area contributed by atoms with Crippen molar-refractivity contribution >= 4 is 21.4 Å². The highest BCUT2D eigenvalue weighted by Gasteiger charge is 2.19. The highest BCUT2D eigenvalue weighted by Crippen LogP contribution is 2.25. The molecule has 0 bridgehead atoms. The predicted molar refractivity (Wildman–Crippen MR) is 74.3 cm³/mol. The third-order valence-corrected chi connectivity index (χ3v) is 4.03. The van der Waals surface area contributed by atoms with E-state index in [0.717, 1.165) is 5.56 Å². The monoisotopic (exact) mass is 280 g/mol. The molecule has 1 heterocycles. The number of sulfonamides is 1. The molecule has 0 aliphatic heterocycles. The SMILES string of the molecule is CCn1cnc(S(=O)(=O)Nc2c(C)cccc2N)c1. The minimum atomic E-state index is -3.71. The number of anilines is 2. The van der Waals surface area contributed by atoms with Gasteiger partial charge in [0.1, 0.15) is 0 Å². The van der Waals surface area contributed by atoms with Crippen LogP contribution in [0.2, 0.25) is 0 Å². The first kappa shape index (κ1) is 13.4. The van der Waals surface area contributed by atoms with Gasteiger partial charge in [-0.15, -0.1) is 0 Å². The van der Waals surface area contributed by atoms with E-state index in [4.69, 9.17) is 5.73 Å². The van der Waals surface area contributed by atoms with Crippen molar-refractivity contribution in [2.24, 2.45) is 0 Å². The van der Waals surface area contributed by atoms with Crippen molar-refractivity contribution < 1.29 is 8.42 Å². The van der Waals surface area contributed by atoms with Crippen LogP contribution in [0.5, 0.6) is 0 Å². The average Bonchev–Trinajstić information content (AvgIpc) is 2.83. The smallest absolute Gasteiger partial charge is 0.281 e. The van der Waals surface area contributed by atoms with Gasteiger partial charge in [-0.2, -0.15) is 8.42 Å². The number of para-hydroxylation sites is 1. The minimum Gasteiger partial charge on any atom is -0.397 e. The van der Waals surface area contributed by atoms with Crippen molar-refractivity contribution in [3.63, 3.8) is 0 Å². The summed E-state index contributed by atoms with van der Waals surface area (Å²) in [7, 11) is -3.71. The summed E-state index contributed by atoms with van der Waals surface area (Å²) < 4.78 is 28.6. The fraction of sp³-hybridized carbons (Fsp3) is 0.250. The first-order valence-electron chi connectivity index (χ1n) is 5.83. The van der Waals surface area contributed by atoms with Crippen LogP contribution >= 0.6 is 0 Å². The number of nitrogen functional groups attached to an aromatic ring is 1. The molecule has 0 unspecified atom stereocenters. The molecule has 0 aliphatic carbocycles. The van der Waals surface area contributed by atoms with Gasteiger partial charge in [0, 0.05) is 12.7 Å². The van der Waals surface area contributed by atoms with Gasteiger partial charge < -0.3 is 10.3 Å².